The lowest BCUT2D eigenvalue weighted by Crippen LogP contribution is -2.42. The molecule has 0 aliphatic carbocycles. The molecule has 6 heteroatoms. The number of fused-ring (bicyclic) bond motifs is 1. The third kappa shape index (κ3) is 4.26. The number of anilines is 1. The highest BCUT2D eigenvalue weighted by Crippen LogP contribution is 2.30. The maximum atomic E-state index is 13.3. The number of carbonyl (C=O) groups is 2. The molecule has 0 fully saturated rings. The Morgan fingerprint density at radius 1 is 0.931 bits per heavy atom. The SMILES string of the molecule is CCCN(CCC)C(=O)N(C)c1c(C(=O)c2ccccc2)cnc2cccnc12. The van der Waals surface area contributed by atoms with Gasteiger partial charge in [0.05, 0.1) is 16.8 Å². The Hall–Kier alpha value is -3.28. The van der Waals surface area contributed by atoms with Crippen LogP contribution < -0.4 is 4.90 Å². The van der Waals surface area contributed by atoms with Crippen molar-refractivity contribution in [3.63, 3.8) is 0 Å². The van der Waals surface area contributed by atoms with Gasteiger partial charge in [-0.05, 0) is 25.0 Å². The van der Waals surface area contributed by atoms with E-state index in [1.165, 1.54) is 0 Å². The first kappa shape index (κ1) is 20.5. The molecule has 0 saturated heterocycles. The van der Waals surface area contributed by atoms with E-state index in [9.17, 15) is 9.59 Å². The fraction of sp³-hybridized carbons (Fsp3) is 0.304. The summed E-state index contributed by atoms with van der Waals surface area (Å²) in [6.45, 7) is 5.41. The van der Waals surface area contributed by atoms with Crippen molar-refractivity contribution in [2.75, 3.05) is 25.0 Å². The van der Waals surface area contributed by atoms with E-state index in [0.29, 0.717) is 40.9 Å². The summed E-state index contributed by atoms with van der Waals surface area (Å²) in [6.07, 6.45) is 4.93. The molecule has 2 heterocycles. The van der Waals surface area contributed by atoms with Crippen LogP contribution in [0.5, 0.6) is 0 Å². The van der Waals surface area contributed by atoms with Crippen LogP contribution in [0, 0.1) is 0 Å². The van der Waals surface area contributed by atoms with Gasteiger partial charge in [-0.2, -0.15) is 0 Å². The fourth-order valence-electron chi connectivity index (χ4n) is 3.41. The lowest BCUT2D eigenvalue weighted by Gasteiger charge is -2.29. The zero-order chi connectivity index (χ0) is 20.8. The lowest BCUT2D eigenvalue weighted by molar-refractivity contribution is 0.103. The molecule has 0 atom stereocenters. The topological polar surface area (TPSA) is 66.4 Å². The van der Waals surface area contributed by atoms with Gasteiger partial charge in [0, 0.05) is 38.1 Å². The van der Waals surface area contributed by atoms with Crippen LogP contribution in [0.2, 0.25) is 0 Å². The molecule has 3 rings (SSSR count). The molecule has 0 unspecified atom stereocenters. The fourth-order valence-corrected chi connectivity index (χ4v) is 3.41. The number of pyridine rings is 2. The standard InChI is InChI=1S/C23H26N4O2/c1-4-14-27(15-5-2)23(29)26(3)21-18(22(28)17-10-7-6-8-11-17)16-25-19-12-9-13-24-20(19)21/h6-13,16H,4-5,14-15H2,1-3H3. The third-order valence-corrected chi connectivity index (χ3v) is 4.76. The van der Waals surface area contributed by atoms with Crippen molar-refractivity contribution < 1.29 is 9.59 Å². The number of amides is 2. The Labute approximate surface area is 171 Å². The Kier molecular flexibility index (Phi) is 6.54. The normalized spacial score (nSPS) is 10.7. The number of aromatic nitrogens is 2. The lowest BCUT2D eigenvalue weighted by atomic mass is 10.0. The Balaban J connectivity index is 2.13. The van der Waals surface area contributed by atoms with E-state index in [-0.39, 0.29) is 11.8 Å². The second-order valence-corrected chi connectivity index (χ2v) is 6.92. The van der Waals surface area contributed by atoms with E-state index in [0.717, 1.165) is 12.8 Å². The average Bonchev–Trinajstić information content (AvgIpc) is 2.77. The molecule has 0 spiro atoms. The van der Waals surface area contributed by atoms with Crippen molar-refractivity contribution in [2.45, 2.75) is 26.7 Å². The van der Waals surface area contributed by atoms with Crippen LogP contribution in [0.1, 0.15) is 42.6 Å². The van der Waals surface area contributed by atoms with Crippen LogP contribution in [0.25, 0.3) is 11.0 Å². The molecule has 2 amide bonds. The number of benzene rings is 1. The summed E-state index contributed by atoms with van der Waals surface area (Å²) >= 11 is 0. The van der Waals surface area contributed by atoms with Crippen LogP contribution in [-0.2, 0) is 0 Å². The first-order chi connectivity index (χ1) is 14.1. The Morgan fingerprint density at radius 3 is 2.28 bits per heavy atom. The average molecular weight is 390 g/mol. The van der Waals surface area contributed by atoms with Gasteiger partial charge in [0.1, 0.15) is 5.52 Å². The van der Waals surface area contributed by atoms with Crippen LogP contribution in [0.4, 0.5) is 10.5 Å². The van der Waals surface area contributed by atoms with Crippen molar-refractivity contribution >= 4 is 28.5 Å². The number of ketones is 1. The zero-order valence-corrected chi connectivity index (χ0v) is 17.1. The number of hydrogen-bond donors (Lipinski definition) is 0. The minimum atomic E-state index is -0.183. The van der Waals surface area contributed by atoms with E-state index < -0.39 is 0 Å². The monoisotopic (exact) mass is 390 g/mol. The molecule has 1 aromatic carbocycles. The van der Waals surface area contributed by atoms with Crippen molar-refractivity contribution in [3.05, 3.63) is 66.0 Å². The van der Waals surface area contributed by atoms with Crippen LogP contribution in [-0.4, -0.2) is 46.8 Å². The van der Waals surface area contributed by atoms with Crippen molar-refractivity contribution in [2.24, 2.45) is 0 Å². The van der Waals surface area contributed by atoms with Gasteiger partial charge in [-0.15, -0.1) is 0 Å². The molecular weight excluding hydrogens is 364 g/mol. The molecule has 0 bridgehead atoms. The summed E-state index contributed by atoms with van der Waals surface area (Å²) in [5.41, 5.74) is 2.59. The number of carbonyl (C=O) groups excluding carboxylic acids is 2. The van der Waals surface area contributed by atoms with Gasteiger partial charge in [-0.1, -0.05) is 44.2 Å². The Bertz CT molecular complexity index is 998. The molecule has 3 aromatic rings. The van der Waals surface area contributed by atoms with Gasteiger partial charge in [-0.25, -0.2) is 4.79 Å². The maximum absolute atomic E-state index is 13.3. The zero-order valence-electron chi connectivity index (χ0n) is 17.1. The second kappa shape index (κ2) is 9.28. The molecule has 6 nitrogen and oxygen atoms in total. The Morgan fingerprint density at radius 2 is 1.62 bits per heavy atom. The summed E-state index contributed by atoms with van der Waals surface area (Å²) in [6, 6.07) is 12.5. The highest BCUT2D eigenvalue weighted by atomic mass is 16.2. The second-order valence-electron chi connectivity index (χ2n) is 6.92. The van der Waals surface area contributed by atoms with Crippen LogP contribution in [0.15, 0.2) is 54.9 Å². The largest absolute Gasteiger partial charge is 0.324 e. The third-order valence-electron chi connectivity index (χ3n) is 4.76. The van der Waals surface area contributed by atoms with Crippen molar-refractivity contribution in [1.29, 1.82) is 0 Å². The van der Waals surface area contributed by atoms with E-state index in [1.54, 1.807) is 42.5 Å². The molecular formula is C23H26N4O2. The maximum Gasteiger partial charge on any atom is 0.324 e. The molecule has 0 saturated carbocycles. The number of urea groups is 1. The van der Waals surface area contributed by atoms with E-state index in [1.807, 2.05) is 43.0 Å². The number of nitrogens with zero attached hydrogens (tertiary/aromatic N) is 4. The van der Waals surface area contributed by atoms with Crippen LogP contribution >= 0.6 is 0 Å². The summed E-state index contributed by atoms with van der Waals surface area (Å²) in [5, 5.41) is 0. The molecule has 29 heavy (non-hydrogen) atoms. The first-order valence-electron chi connectivity index (χ1n) is 9.94. The quantitative estimate of drug-likeness (QED) is 0.556. The summed E-state index contributed by atoms with van der Waals surface area (Å²) in [7, 11) is 1.70. The summed E-state index contributed by atoms with van der Waals surface area (Å²) in [5.74, 6) is -0.183. The number of hydrogen-bond acceptors (Lipinski definition) is 4. The van der Waals surface area contributed by atoms with Crippen molar-refractivity contribution in [3.8, 4) is 0 Å². The minimum Gasteiger partial charge on any atom is -0.324 e. The van der Waals surface area contributed by atoms with Gasteiger partial charge >= 0.3 is 6.03 Å². The molecule has 0 aliphatic heterocycles. The summed E-state index contributed by atoms with van der Waals surface area (Å²) < 4.78 is 0. The van der Waals surface area contributed by atoms with Gasteiger partial charge < -0.3 is 4.90 Å². The van der Waals surface area contributed by atoms with E-state index in [4.69, 9.17) is 0 Å². The molecule has 0 N–H and O–H groups in total. The molecule has 0 aliphatic rings. The van der Waals surface area contributed by atoms with Gasteiger partial charge in [0.15, 0.2) is 5.78 Å². The van der Waals surface area contributed by atoms with Gasteiger partial charge in [0.25, 0.3) is 0 Å². The predicted octanol–water partition coefficient (Wildman–Crippen LogP) is 4.54. The van der Waals surface area contributed by atoms with Gasteiger partial charge in [-0.3, -0.25) is 19.7 Å². The first-order valence-corrected chi connectivity index (χ1v) is 9.94. The van der Waals surface area contributed by atoms with Crippen molar-refractivity contribution in [1.82, 2.24) is 14.9 Å². The highest BCUT2D eigenvalue weighted by Gasteiger charge is 2.26. The summed E-state index contributed by atoms with van der Waals surface area (Å²) in [4.78, 5) is 38.7. The minimum absolute atomic E-state index is 0.144. The molecule has 2 aromatic heterocycles. The number of rotatable bonds is 7. The van der Waals surface area contributed by atoms with Crippen LogP contribution in [0.3, 0.4) is 0 Å². The highest BCUT2D eigenvalue weighted by molar-refractivity contribution is 6.17. The molecule has 150 valence electrons. The van der Waals surface area contributed by atoms with E-state index in [2.05, 4.69) is 9.97 Å². The molecule has 0 radical (unpaired) electrons. The smallest absolute Gasteiger partial charge is 0.324 e. The predicted molar refractivity (Wildman–Crippen MR) is 115 cm³/mol. The van der Waals surface area contributed by atoms with Gasteiger partial charge in [0.2, 0.25) is 0 Å². The van der Waals surface area contributed by atoms with E-state index >= 15 is 0 Å².